The smallest absolute Gasteiger partial charge is 0.123 e. The monoisotopic (exact) mass is 314 g/mol. The third-order valence-corrected chi connectivity index (χ3v) is 4.82. The summed E-state index contributed by atoms with van der Waals surface area (Å²) < 4.78 is 19.3. The second-order valence-corrected chi connectivity index (χ2v) is 6.56. The summed E-state index contributed by atoms with van der Waals surface area (Å²) in [6.45, 7) is 4.71. The van der Waals surface area contributed by atoms with Crippen molar-refractivity contribution < 1.29 is 14.2 Å². The van der Waals surface area contributed by atoms with E-state index in [0.717, 1.165) is 19.3 Å². The van der Waals surface area contributed by atoms with E-state index in [4.69, 9.17) is 16.3 Å². The largest absolute Gasteiger partial charge is 0.390 e. The average Bonchev–Trinajstić information content (AvgIpc) is 2.43. The first-order chi connectivity index (χ1) is 9.97. The molecule has 0 aliphatic heterocycles. The van der Waals surface area contributed by atoms with Crippen LogP contribution >= 0.6 is 11.6 Å². The Labute approximate surface area is 131 Å². The first kappa shape index (κ1) is 16.7. The molecular formula is C17H24ClFO2. The zero-order valence-electron chi connectivity index (χ0n) is 12.7. The van der Waals surface area contributed by atoms with E-state index in [0.29, 0.717) is 29.5 Å². The van der Waals surface area contributed by atoms with Crippen molar-refractivity contribution in [3.8, 4) is 0 Å². The number of aliphatic hydroxyl groups excluding tert-OH is 1. The summed E-state index contributed by atoms with van der Waals surface area (Å²) in [5.74, 6) is 0.201. The molecule has 0 heterocycles. The number of hydrogen-bond acceptors (Lipinski definition) is 2. The third kappa shape index (κ3) is 3.97. The highest BCUT2D eigenvalue weighted by molar-refractivity contribution is 6.31. The third-order valence-electron chi connectivity index (χ3n) is 4.45. The van der Waals surface area contributed by atoms with Gasteiger partial charge < -0.3 is 9.84 Å². The highest BCUT2D eigenvalue weighted by Gasteiger charge is 2.42. The van der Waals surface area contributed by atoms with E-state index in [-0.39, 0.29) is 5.82 Å². The summed E-state index contributed by atoms with van der Waals surface area (Å²) in [5, 5.41) is 11.2. The van der Waals surface area contributed by atoms with Gasteiger partial charge in [0.15, 0.2) is 0 Å². The fraction of sp³-hybridized carbons (Fsp3) is 0.647. The molecule has 4 heteroatoms. The Kier molecular flexibility index (Phi) is 5.64. The second kappa shape index (κ2) is 7.08. The van der Waals surface area contributed by atoms with Crippen LogP contribution in [0.5, 0.6) is 0 Å². The minimum atomic E-state index is -0.667. The summed E-state index contributed by atoms with van der Waals surface area (Å²) in [6.07, 6.45) is 3.56. The second-order valence-electron chi connectivity index (χ2n) is 6.15. The molecule has 1 aromatic carbocycles. The minimum absolute atomic E-state index is 0.323. The minimum Gasteiger partial charge on any atom is -0.390 e. The van der Waals surface area contributed by atoms with Crippen LogP contribution < -0.4 is 0 Å². The normalized spacial score (nSPS) is 27.6. The van der Waals surface area contributed by atoms with Crippen molar-refractivity contribution in [2.45, 2.75) is 57.7 Å². The van der Waals surface area contributed by atoms with Crippen molar-refractivity contribution in [2.24, 2.45) is 5.92 Å². The van der Waals surface area contributed by atoms with Gasteiger partial charge in [0.25, 0.3) is 0 Å². The number of benzene rings is 1. The topological polar surface area (TPSA) is 29.5 Å². The van der Waals surface area contributed by atoms with Crippen LogP contribution in [-0.4, -0.2) is 23.4 Å². The van der Waals surface area contributed by atoms with Crippen molar-refractivity contribution in [2.75, 3.05) is 6.61 Å². The lowest BCUT2D eigenvalue weighted by atomic mass is 9.74. The van der Waals surface area contributed by atoms with E-state index < -0.39 is 11.7 Å². The summed E-state index contributed by atoms with van der Waals surface area (Å²) in [6, 6.07) is 4.27. The van der Waals surface area contributed by atoms with Crippen molar-refractivity contribution >= 4 is 11.6 Å². The van der Waals surface area contributed by atoms with Gasteiger partial charge in [0.2, 0.25) is 0 Å². The molecule has 1 N–H and O–H groups in total. The van der Waals surface area contributed by atoms with E-state index in [2.05, 4.69) is 6.92 Å². The Morgan fingerprint density at radius 1 is 1.52 bits per heavy atom. The van der Waals surface area contributed by atoms with Crippen molar-refractivity contribution in [3.63, 3.8) is 0 Å². The Hall–Kier alpha value is -0.640. The molecule has 2 rings (SSSR count). The fourth-order valence-electron chi connectivity index (χ4n) is 3.46. The molecule has 0 saturated heterocycles. The lowest BCUT2D eigenvalue weighted by Crippen LogP contribution is -2.49. The fourth-order valence-corrected chi connectivity index (χ4v) is 3.65. The van der Waals surface area contributed by atoms with Crippen LogP contribution in [0.3, 0.4) is 0 Å². The molecule has 3 atom stereocenters. The molecule has 2 nitrogen and oxygen atoms in total. The Bertz CT molecular complexity index is 476. The molecule has 1 saturated carbocycles. The first-order valence-corrected chi connectivity index (χ1v) is 8.10. The summed E-state index contributed by atoms with van der Waals surface area (Å²) >= 11 is 6.11. The van der Waals surface area contributed by atoms with Gasteiger partial charge in [-0.3, -0.25) is 0 Å². The van der Waals surface area contributed by atoms with Crippen LogP contribution in [0.1, 0.15) is 45.1 Å². The summed E-state index contributed by atoms with van der Waals surface area (Å²) in [4.78, 5) is 0. The predicted molar refractivity (Wildman–Crippen MR) is 83.1 cm³/mol. The average molecular weight is 315 g/mol. The zero-order valence-corrected chi connectivity index (χ0v) is 13.5. The number of rotatable bonds is 5. The van der Waals surface area contributed by atoms with Gasteiger partial charge in [-0.2, -0.15) is 0 Å². The highest BCUT2D eigenvalue weighted by atomic mass is 35.5. The van der Waals surface area contributed by atoms with Crippen LogP contribution in [0.25, 0.3) is 0 Å². The lowest BCUT2D eigenvalue weighted by Gasteiger charge is -2.43. The van der Waals surface area contributed by atoms with Crippen LogP contribution in [0.15, 0.2) is 18.2 Å². The van der Waals surface area contributed by atoms with Crippen LogP contribution in [0.2, 0.25) is 5.02 Å². The van der Waals surface area contributed by atoms with Crippen molar-refractivity contribution in [1.82, 2.24) is 0 Å². The van der Waals surface area contributed by atoms with Gasteiger partial charge in [-0.1, -0.05) is 31.4 Å². The molecule has 21 heavy (non-hydrogen) atoms. The molecule has 1 fully saturated rings. The molecular weight excluding hydrogens is 291 g/mol. The lowest BCUT2D eigenvalue weighted by molar-refractivity contribution is -0.147. The number of halogens is 2. The zero-order chi connectivity index (χ0) is 15.5. The van der Waals surface area contributed by atoms with Crippen LogP contribution in [0.4, 0.5) is 4.39 Å². The molecule has 0 spiro atoms. The molecule has 0 radical (unpaired) electrons. The van der Waals surface area contributed by atoms with E-state index >= 15 is 0 Å². The molecule has 118 valence electrons. The molecule has 0 aromatic heterocycles. The van der Waals surface area contributed by atoms with Gasteiger partial charge in [-0.15, -0.1) is 0 Å². The Morgan fingerprint density at radius 2 is 2.29 bits per heavy atom. The Balaban J connectivity index is 2.18. The van der Waals surface area contributed by atoms with Crippen molar-refractivity contribution in [1.29, 1.82) is 0 Å². The van der Waals surface area contributed by atoms with Gasteiger partial charge in [0.05, 0.1) is 11.7 Å². The van der Waals surface area contributed by atoms with Gasteiger partial charge in [0, 0.05) is 18.1 Å². The Morgan fingerprint density at radius 3 is 2.95 bits per heavy atom. The van der Waals surface area contributed by atoms with Gasteiger partial charge in [-0.05, 0) is 49.4 Å². The molecule has 3 unspecified atom stereocenters. The first-order valence-electron chi connectivity index (χ1n) is 7.73. The summed E-state index contributed by atoms with van der Waals surface area (Å²) in [5.41, 5.74) is 0.115. The van der Waals surface area contributed by atoms with Crippen LogP contribution in [0, 0.1) is 11.7 Å². The van der Waals surface area contributed by atoms with E-state index in [1.165, 1.54) is 24.6 Å². The summed E-state index contributed by atoms with van der Waals surface area (Å²) in [7, 11) is 0. The number of aliphatic hydroxyl groups is 1. The quantitative estimate of drug-likeness (QED) is 0.874. The van der Waals surface area contributed by atoms with E-state index in [1.807, 2.05) is 6.92 Å². The van der Waals surface area contributed by atoms with Gasteiger partial charge >= 0.3 is 0 Å². The van der Waals surface area contributed by atoms with Crippen LogP contribution in [-0.2, 0) is 11.2 Å². The number of hydrogen-bond donors (Lipinski definition) is 1. The predicted octanol–water partition coefficient (Wildman–Crippen LogP) is 4.37. The number of ether oxygens (including phenoxy) is 1. The maximum absolute atomic E-state index is 13.4. The molecule has 1 aromatic rings. The van der Waals surface area contributed by atoms with Gasteiger partial charge in [0.1, 0.15) is 5.82 Å². The van der Waals surface area contributed by atoms with Crippen molar-refractivity contribution in [3.05, 3.63) is 34.6 Å². The maximum atomic E-state index is 13.4. The van der Waals surface area contributed by atoms with E-state index in [9.17, 15) is 9.50 Å². The standard InChI is InChI=1S/C17H24ClFO2/c1-3-21-17(8-4-5-12(2)11-17)16(20)10-13-9-14(19)6-7-15(13)18/h6-7,9,12,16,20H,3-5,8,10-11H2,1-2H3. The molecule has 1 aliphatic rings. The molecule has 1 aliphatic carbocycles. The molecule has 0 amide bonds. The highest BCUT2D eigenvalue weighted by Crippen LogP contribution is 2.39. The SMILES string of the molecule is CCOC1(C(O)Cc2cc(F)ccc2Cl)CCCC(C)C1. The van der Waals surface area contributed by atoms with E-state index in [1.54, 1.807) is 0 Å². The van der Waals surface area contributed by atoms with Gasteiger partial charge in [-0.25, -0.2) is 4.39 Å². The maximum Gasteiger partial charge on any atom is 0.123 e. The molecule has 0 bridgehead atoms.